The van der Waals surface area contributed by atoms with E-state index in [4.69, 9.17) is 11.6 Å². The van der Waals surface area contributed by atoms with Crippen molar-refractivity contribution >= 4 is 29.4 Å². The number of alkyl halides is 1. The normalized spacial score (nSPS) is 10.8. The van der Waals surface area contributed by atoms with Gasteiger partial charge in [0.2, 0.25) is 0 Å². The topological polar surface area (TPSA) is 25.8 Å². The number of hydrogen-bond acceptors (Lipinski definition) is 3. The molecule has 0 aromatic carbocycles. The second-order valence-corrected chi connectivity index (χ2v) is 3.14. The van der Waals surface area contributed by atoms with Crippen LogP contribution in [-0.2, 0) is 0 Å². The van der Waals surface area contributed by atoms with Crippen LogP contribution in [0, 0.1) is 0 Å². The Morgan fingerprint density at radius 2 is 2.17 bits per heavy atom. The molecule has 0 aliphatic heterocycles. The zero-order valence-electron chi connectivity index (χ0n) is 6.70. The van der Waals surface area contributed by atoms with E-state index in [9.17, 15) is 0 Å². The smallest absolute Gasteiger partial charge is 0.187 e. The summed E-state index contributed by atoms with van der Waals surface area (Å²) in [6.45, 7) is 0. The number of allylic oxidation sites excluding steroid dienone is 1. The molecule has 0 amide bonds. The van der Waals surface area contributed by atoms with E-state index in [2.05, 4.69) is 9.97 Å². The lowest BCUT2D eigenvalue weighted by molar-refractivity contribution is 0.966. The number of rotatable bonds is 3. The van der Waals surface area contributed by atoms with E-state index in [1.54, 1.807) is 12.4 Å². The molecule has 0 bridgehead atoms. The molecule has 1 aromatic heterocycles. The fourth-order valence-corrected chi connectivity index (χ4v) is 1.10. The molecule has 0 N–H and O–H groups in total. The fraction of sp³-hybridized carbons (Fsp3) is 0.250. The Morgan fingerprint density at radius 3 is 2.67 bits per heavy atom. The molecule has 0 aliphatic rings. The van der Waals surface area contributed by atoms with Crippen LogP contribution in [0.2, 0.25) is 0 Å². The first kappa shape index (κ1) is 9.55. The Hall–Kier alpha value is -0.540. The monoisotopic (exact) mass is 200 g/mol. The number of nitrogens with zero attached hydrogens (tertiary/aromatic N) is 2. The van der Waals surface area contributed by atoms with Gasteiger partial charge in [-0.05, 0) is 6.26 Å². The zero-order chi connectivity index (χ0) is 8.81. The Bertz CT molecular complexity index is 258. The summed E-state index contributed by atoms with van der Waals surface area (Å²) >= 11 is 7.01. The quantitative estimate of drug-likeness (QED) is 0.426. The minimum Gasteiger partial charge on any atom is -0.231 e. The SMILES string of the molecule is CSc1ncc(C=CCCl)cn1. The molecular formula is C8H9ClN2S. The molecule has 1 aromatic rings. The summed E-state index contributed by atoms with van der Waals surface area (Å²) < 4.78 is 0. The Labute approximate surface area is 81.1 Å². The molecule has 4 heteroatoms. The van der Waals surface area contributed by atoms with Crippen molar-refractivity contribution < 1.29 is 0 Å². The molecular weight excluding hydrogens is 192 g/mol. The fourth-order valence-electron chi connectivity index (χ4n) is 0.698. The standard InChI is InChI=1S/C8H9ClN2S/c1-12-8-10-5-7(6-11-8)3-2-4-9/h2-3,5-6H,4H2,1H3. The van der Waals surface area contributed by atoms with E-state index in [-0.39, 0.29) is 0 Å². The molecule has 0 radical (unpaired) electrons. The summed E-state index contributed by atoms with van der Waals surface area (Å²) in [6.07, 6.45) is 9.27. The van der Waals surface area contributed by atoms with Crippen LogP contribution < -0.4 is 0 Å². The highest BCUT2D eigenvalue weighted by atomic mass is 35.5. The van der Waals surface area contributed by atoms with Gasteiger partial charge in [-0.3, -0.25) is 0 Å². The lowest BCUT2D eigenvalue weighted by Gasteiger charge is -1.93. The summed E-state index contributed by atoms with van der Waals surface area (Å²) in [7, 11) is 0. The van der Waals surface area contributed by atoms with Gasteiger partial charge >= 0.3 is 0 Å². The van der Waals surface area contributed by atoms with E-state index in [1.807, 2.05) is 18.4 Å². The Morgan fingerprint density at radius 1 is 1.50 bits per heavy atom. The van der Waals surface area contributed by atoms with Gasteiger partial charge < -0.3 is 0 Å². The minimum absolute atomic E-state index is 0.518. The van der Waals surface area contributed by atoms with Crippen molar-refractivity contribution in [2.24, 2.45) is 0 Å². The molecule has 2 nitrogen and oxygen atoms in total. The van der Waals surface area contributed by atoms with Crippen LogP contribution in [0.5, 0.6) is 0 Å². The lowest BCUT2D eigenvalue weighted by Crippen LogP contribution is -1.85. The number of aromatic nitrogens is 2. The molecule has 0 aliphatic carbocycles. The van der Waals surface area contributed by atoms with Crippen LogP contribution in [0.25, 0.3) is 6.08 Å². The van der Waals surface area contributed by atoms with E-state index in [0.29, 0.717) is 5.88 Å². The third-order valence-corrected chi connectivity index (χ3v) is 1.98. The maximum atomic E-state index is 5.48. The summed E-state index contributed by atoms with van der Waals surface area (Å²) in [6, 6.07) is 0. The molecule has 0 fully saturated rings. The van der Waals surface area contributed by atoms with Gasteiger partial charge in [0.15, 0.2) is 5.16 Å². The number of hydrogen-bond donors (Lipinski definition) is 0. The third-order valence-electron chi connectivity index (χ3n) is 1.23. The second kappa shape index (κ2) is 5.17. The van der Waals surface area contributed by atoms with Crippen LogP contribution in [0.1, 0.15) is 5.56 Å². The van der Waals surface area contributed by atoms with E-state index in [1.165, 1.54) is 11.8 Å². The first-order valence-electron chi connectivity index (χ1n) is 3.45. The van der Waals surface area contributed by atoms with Crippen molar-refractivity contribution in [1.29, 1.82) is 0 Å². The van der Waals surface area contributed by atoms with Gasteiger partial charge in [0.05, 0.1) is 0 Å². The van der Waals surface area contributed by atoms with Gasteiger partial charge in [-0.1, -0.05) is 23.9 Å². The highest BCUT2D eigenvalue weighted by molar-refractivity contribution is 7.98. The molecule has 0 saturated carbocycles. The van der Waals surface area contributed by atoms with Crippen LogP contribution >= 0.6 is 23.4 Å². The van der Waals surface area contributed by atoms with Crippen LogP contribution in [0.3, 0.4) is 0 Å². The summed E-state index contributed by atoms with van der Waals surface area (Å²) in [5.41, 5.74) is 0.980. The summed E-state index contributed by atoms with van der Waals surface area (Å²) in [5.74, 6) is 0.518. The number of halogens is 1. The Balaban J connectivity index is 2.71. The molecule has 0 spiro atoms. The lowest BCUT2D eigenvalue weighted by atomic mass is 10.3. The van der Waals surface area contributed by atoms with Gasteiger partial charge in [0, 0.05) is 23.8 Å². The van der Waals surface area contributed by atoms with Crippen molar-refractivity contribution in [3.05, 3.63) is 24.0 Å². The highest BCUT2D eigenvalue weighted by Crippen LogP contribution is 2.07. The zero-order valence-corrected chi connectivity index (χ0v) is 8.27. The number of thioether (sulfide) groups is 1. The predicted molar refractivity (Wildman–Crippen MR) is 53.6 cm³/mol. The molecule has 1 rings (SSSR count). The van der Waals surface area contributed by atoms with Crippen molar-refractivity contribution in [1.82, 2.24) is 9.97 Å². The average Bonchev–Trinajstić information content (AvgIpc) is 2.15. The predicted octanol–water partition coefficient (Wildman–Crippen LogP) is 2.45. The first-order chi connectivity index (χ1) is 5.86. The molecule has 0 atom stereocenters. The molecule has 1 heterocycles. The second-order valence-electron chi connectivity index (χ2n) is 2.06. The van der Waals surface area contributed by atoms with E-state index < -0.39 is 0 Å². The van der Waals surface area contributed by atoms with Crippen LogP contribution in [0.4, 0.5) is 0 Å². The summed E-state index contributed by atoms with van der Waals surface area (Å²) in [5, 5.41) is 0.790. The maximum absolute atomic E-state index is 5.48. The van der Waals surface area contributed by atoms with Gasteiger partial charge in [-0.2, -0.15) is 0 Å². The van der Waals surface area contributed by atoms with Crippen LogP contribution in [0.15, 0.2) is 23.6 Å². The minimum atomic E-state index is 0.518. The first-order valence-corrected chi connectivity index (χ1v) is 5.21. The van der Waals surface area contributed by atoms with E-state index in [0.717, 1.165) is 10.7 Å². The van der Waals surface area contributed by atoms with Gasteiger partial charge in [0.25, 0.3) is 0 Å². The van der Waals surface area contributed by atoms with Gasteiger partial charge in [-0.25, -0.2) is 9.97 Å². The largest absolute Gasteiger partial charge is 0.231 e. The van der Waals surface area contributed by atoms with E-state index >= 15 is 0 Å². The van der Waals surface area contributed by atoms with Gasteiger partial charge in [-0.15, -0.1) is 11.6 Å². The summed E-state index contributed by atoms with van der Waals surface area (Å²) in [4.78, 5) is 8.22. The molecule has 0 unspecified atom stereocenters. The Kier molecular flexibility index (Phi) is 4.11. The van der Waals surface area contributed by atoms with Crippen molar-refractivity contribution in [3.63, 3.8) is 0 Å². The third kappa shape index (κ3) is 2.83. The molecule has 0 saturated heterocycles. The highest BCUT2D eigenvalue weighted by Gasteiger charge is 1.91. The van der Waals surface area contributed by atoms with Crippen molar-refractivity contribution in [2.45, 2.75) is 5.16 Å². The molecule has 64 valence electrons. The average molecular weight is 201 g/mol. The van der Waals surface area contributed by atoms with Crippen molar-refractivity contribution in [3.8, 4) is 0 Å². The molecule has 12 heavy (non-hydrogen) atoms. The van der Waals surface area contributed by atoms with Crippen LogP contribution in [-0.4, -0.2) is 22.1 Å². The maximum Gasteiger partial charge on any atom is 0.187 e. The van der Waals surface area contributed by atoms with Gasteiger partial charge in [0.1, 0.15) is 0 Å². The van der Waals surface area contributed by atoms with Crippen molar-refractivity contribution in [2.75, 3.05) is 12.1 Å².